The summed E-state index contributed by atoms with van der Waals surface area (Å²) in [6, 6.07) is 0. The zero-order chi connectivity index (χ0) is 11.3. The average molecular weight is 200 g/mol. The zero-order valence-corrected chi connectivity index (χ0v) is 8.87. The molecule has 4 heteroatoms. The van der Waals surface area contributed by atoms with Crippen LogP contribution in [0.5, 0.6) is 0 Å². The zero-order valence-electron chi connectivity index (χ0n) is 8.87. The highest BCUT2D eigenvalue weighted by Gasteiger charge is 2.71. The number of hydrogen-bond donors (Lipinski definition) is 2. The molecular weight excluding hydrogens is 184 g/mol. The average Bonchev–Trinajstić information content (AvgIpc) is 2.12. The van der Waals surface area contributed by atoms with Crippen LogP contribution in [0.2, 0.25) is 0 Å². The van der Waals surface area contributed by atoms with Crippen molar-refractivity contribution in [3.8, 4) is 0 Å². The lowest BCUT2D eigenvalue weighted by atomic mass is 9.40. The van der Waals surface area contributed by atoms with Crippen molar-refractivity contribution in [3.63, 3.8) is 0 Å². The number of hydrogen-bond acceptors (Lipinski definition) is 2. The Balaban J connectivity index is 3.20. The van der Waals surface area contributed by atoms with Crippen molar-refractivity contribution >= 4 is 11.9 Å². The summed E-state index contributed by atoms with van der Waals surface area (Å²) in [5, 5.41) is 18.2. The molecule has 1 rings (SSSR count). The Labute approximate surface area is 82.9 Å². The molecule has 1 aliphatic rings. The van der Waals surface area contributed by atoms with Crippen LogP contribution in [0.3, 0.4) is 0 Å². The van der Waals surface area contributed by atoms with Crippen LogP contribution in [0, 0.1) is 22.7 Å². The minimum absolute atomic E-state index is 0.110. The van der Waals surface area contributed by atoms with Crippen LogP contribution in [0.1, 0.15) is 27.7 Å². The molecular formula is C10H16O4. The van der Waals surface area contributed by atoms with E-state index in [0.717, 1.165) is 0 Å². The number of carboxylic acids is 2. The fraction of sp³-hybridized carbons (Fsp3) is 0.800. The van der Waals surface area contributed by atoms with Crippen LogP contribution >= 0.6 is 0 Å². The van der Waals surface area contributed by atoms with Crippen molar-refractivity contribution in [2.75, 3.05) is 0 Å². The van der Waals surface area contributed by atoms with E-state index in [1.807, 2.05) is 0 Å². The van der Waals surface area contributed by atoms with Crippen LogP contribution in [-0.4, -0.2) is 22.2 Å². The van der Waals surface area contributed by atoms with Gasteiger partial charge in [-0.15, -0.1) is 0 Å². The van der Waals surface area contributed by atoms with Gasteiger partial charge in [0.1, 0.15) is 0 Å². The third-order valence-electron chi connectivity index (χ3n) is 4.54. The fourth-order valence-corrected chi connectivity index (χ4v) is 2.68. The minimum Gasteiger partial charge on any atom is -0.481 e. The van der Waals surface area contributed by atoms with E-state index in [1.54, 1.807) is 13.8 Å². The molecule has 14 heavy (non-hydrogen) atoms. The first-order valence-electron chi connectivity index (χ1n) is 4.67. The quantitative estimate of drug-likeness (QED) is 0.707. The SMILES string of the molecule is CC1C(C)C(C)(C(=O)O)C1(C)C(=O)O. The van der Waals surface area contributed by atoms with Crippen LogP contribution in [-0.2, 0) is 9.59 Å². The van der Waals surface area contributed by atoms with Gasteiger partial charge in [0.15, 0.2) is 0 Å². The van der Waals surface area contributed by atoms with Crippen LogP contribution in [0.25, 0.3) is 0 Å². The molecule has 0 saturated heterocycles. The summed E-state index contributed by atoms with van der Waals surface area (Å²) in [5.74, 6) is -2.26. The molecule has 80 valence electrons. The Hall–Kier alpha value is -1.06. The highest BCUT2D eigenvalue weighted by molar-refractivity contribution is 5.89. The first kappa shape index (κ1) is 11.0. The molecule has 0 spiro atoms. The van der Waals surface area contributed by atoms with Gasteiger partial charge in [-0.25, -0.2) is 0 Å². The third-order valence-corrected chi connectivity index (χ3v) is 4.54. The van der Waals surface area contributed by atoms with Crippen LogP contribution in [0.4, 0.5) is 0 Å². The Bertz CT molecular complexity index is 268. The second kappa shape index (κ2) is 2.72. The molecule has 0 bridgehead atoms. The normalized spacial score (nSPS) is 46.9. The number of carbonyl (C=O) groups is 2. The van der Waals surface area contributed by atoms with E-state index in [0.29, 0.717) is 0 Å². The van der Waals surface area contributed by atoms with Crippen molar-refractivity contribution < 1.29 is 19.8 Å². The van der Waals surface area contributed by atoms with Gasteiger partial charge in [0, 0.05) is 0 Å². The number of aliphatic carboxylic acids is 2. The van der Waals surface area contributed by atoms with Crippen molar-refractivity contribution in [1.82, 2.24) is 0 Å². The van der Waals surface area contributed by atoms with Gasteiger partial charge in [-0.05, 0) is 25.7 Å². The molecule has 1 aliphatic carbocycles. The standard InChI is InChI=1S/C10H16O4/c1-5-6(2)10(4,8(13)14)9(5,3)7(11)12/h5-6H,1-4H3,(H,11,12)(H,13,14). The van der Waals surface area contributed by atoms with E-state index in [4.69, 9.17) is 10.2 Å². The highest BCUT2D eigenvalue weighted by atomic mass is 16.4. The van der Waals surface area contributed by atoms with E-state index in [9.17, 15) is 9.59 Å². The predicted octanol–water partition coefficient (Wildman–Crippen LogP) is 1.45. The summed E-state index contributed by atoms with van der Waals surface area (Å²) >= 11 is 0. The molecule has 0 heterocycles. The molecule has 0 radical (unpaired) electrons. The maximum atomic E-state index is 11.1. The Morgan fingerprint density at radius 3 is 1.29 bits per heavy atom. The molecule has 0 aromatic rings. The largest absolute Gasteiger partial charge is 0.481 e. The predicted molar refractivity (Wildman–Crippen MR) is 49.8 cm³/mol. The van der Waals surface area contributed by atoms with Gasteiger partial charge in [-0.2, -0.15) is 0 Å². The Kier molecular flexibility index (Phi) is 2.14. The topological polar surface area (TPSA) is 74.6 Å². The number of rotatable bonds is 2. The maximum Gasteiger partial charge on any atom is 0.310 e. The summed E-state index contributed by atoms with van der Waals surface area (Å²) in [7, 11) is 0. The number of carboxylic acid groups (broad SMARTS) is 2. The molecule has 4 nitrogen and oxygen atoms in total. The van der Waals surface area contributed by atoms with Crippen molar-refractivity contribution in [2.24, 2.45) is 22.7 Å². The molecule has 1 saturated carbocycles. The second-order valence-electron chi connectivity index (χ2n) is 4.59. The van der Waals surface area contributed by atoms with E-state index in [-0.39, 0.29) is 11.8 Å². The summed E-state index contributed by atoms with van der Waals surface area (Å²) in [6.45, 7) is 6.63. The van der Waals surface area contributed by atoms with Crippen LogP contribution < -0.4 is 0 Å². The minimum atomic E-state index is -1.15. The first-order chi connectivity index (χ1) is 6.20. The maximum absolute atomic E-state index is 11.1. The Morgan fingerprint density at radius 2 is 1.14 bits per heavy atom. The second-order valence-corrected chi connectivity index (χ2v) is 4.59. The van der Waals surface area contributed by atoms with E-state index in [2.05, 4.69) is 0 Å². The highest BCUT2D eigenvalue weighted by Crippen LogP contribution is 2.64. The van der Waals surface area contributed by atoms with Gasteiger partial charge < -0.3 is 10.2 Å². The lowest BCUT2D eigenvalue weighted by molar-refractivity contribution is -0.218. The van der Waals surface area contributed by atoms with Gasteiger partial charge in [-0.3, -0.25) is 9.59 Å². The van der Waals surface area contributed by atoms with Gasteiger partial charge >= 0.3 is 11.9 Å². The van der Waals surface area contributed by atoms with Gasteiger partial charge in [-0.1, -0.05) is 13.8 Å². The smallest absolute Gasteiger partial charge is 0.310 e. The fourth-order valence-electron chi connectivity index (χ4n) is 2.68. The van der Waals surface area contributed by atoms with E-state index >= 15 is 0 Å². The summed E-state index contributed by atoms with van der Waals surface area (Å²) in [4.78, 5) is 22.2. The molecule has 4 atom stereocenters. The van der Waals surface area contributed by atoms with Crippen molar-refractivity contribution in [1.29, 1.82) is 0 Å². The third kappa shape index (κ3) is 0.837. The van der Waals surface area contributed by atoms with Crippen molar-refractivity contribution in [2.45, 2.75) is 27.7 Å². The summed E-state index contributed by atoms with van der Waals surface area (Å²) < 4.78 is 0. The lowest BCUT2D eigenvalue weighted by Crippen LogP contribution is -2.67. The van der Waals surface area contributed by atoms with Crippen molar-refractivity contribution in [3.05, 3.63) is 0 Å². The molecule has 2 N–H and O–H groups in total. The van der Waals surface area contributed by atoms with Gasteiger partial charge in [0.2, 0.25) is 0 Å². The van der Waals surface area contributed by atoms with Gasteiger partial charge in [0.05, 0.1) is 10.8 Å². The molecule has 0 aromatic heterocycles. The lowest BCUT2D eigenvalue weighted by Gasteiger charge is -2.60. The van der Waals surface area contributed by atoms with Gasteiger partial charge in [0.25, 0.3) is 0 Å². The van der Waals surface area contributed by atoms with E-state index in [1.165, 1.54) is 13.8 Å². The summed E-state index contributed by atoms with van der Waals surface area (Å²) in [5.41, 5.74) is -2.31. The van der Waals surface area contributed by atoms with Crippen LogP contribution in [0.15, 0.2) is 0 Å². The molecule has 0 aromatic carbocycles. The molecule has 0 amide bonds. The molecule has 4 unspecified atom stereocenters. The monoisotopic (exact) mass is 200 g/mol. The first-order valence-corrected chi connectivity index (χ1v) is 4.67. The van der Waals surface area contributed by atoms with E-state index < -0.39 is 22.8 Å². The Morgan fingerprint density at radius 1 is 0.929 bits per heavy atom. The molecule has 1 fully saturated rings. The summed E-state index contributed by atoms with van der Waals surface area (Å²) in [6.07, 6.45) is 0. The molecule has 0 aliphatic heterocycles.